The lowest BCUT2D eigenvalue weighted by Crippen LogP contribution is -2.04. The van der Waals surface area contributed by atoms with Crippen LogP contribution in [0.15, 0.2) is 24.3 Å². The van der Waals surface area contributed by atoms with Crippen molar-refractivity contribution in [3.8, 4) is 5.75 Å². The number of rotatable bonds is 6. The fourth-order valence-electron chi connectivity index (χ4n) is 2.65. The molecule has 1 N–H and O–H groups in total. The van der Waals surface area contributed by atoms with E-state index in [1.807, 2.05) is 25.1 Å². The van der Waals surface area contributed by atoms with Crippen LogP contribution in [0.4, 0.5) is 5.69 Å². The molecule has 114 valence electrons. The number of halogens is 1. The molecular formula is C17H23ClN2O. The van der Waals surface area contributed by atoms with E-state index in [1.54, 1.807) is 0 Å². The van der Waals surface area contributed by atoms with E-state index in [4.69, 9.17) is 16.3 Å². The van der Waals surface area contributed by atoms with Crippen LogP contribution in [0.2, 0.25) is 5.02 Å². The molecule has 0 atom stereocenters. The van der Waals surface area contributed by atoms with E-state index in [0.29, 0.717) is 11.6 Å². The van der Waals surface area contributed by atoms with E-state index in [2.05, 4.69) is 36.7 Å². The van der Waals surface area contributed by atoms with Crippen molar-refractivity contribution < 1.29 is 4.74 Å². The predicted molar refractivity (Wildman–Crippen MR) is 89.5 cm³/mol. The van der Waals surface area contributed by atoms with Gasteiger partial charge in [0.1, 0.15) is 5.75 Å². The summed E-state index contributed by atoms with van der Waals surface area (Å²) in [6.07, 6.45) is 0. The van der Waals surface area contributed by atoms with Gasteiger partial charge in [0.05, 0.1) is 12.3 Å². The first-order valence-corrected chi connectivity index (χ1v) is 7.76. The fourth-order valence-corrected chi connectivity index (χ4v) is 2.82. The van der Waals surface area contributed by atoms with Gasteiger partial charge in [-0.15, -0.1) is 0 Å². The largest absolute Gasteiger partial charge is 0.492 e. The van der Waals surface area contributed by atoms with Crippen LogP contribution in [0, 0.1) is 13.8 Å². The highest BCUT2D eigenvalue weighted by molar-refractivity contribution is 6.30. The van der Waals surface area contributed by atoms with Crippen molar-refractivity contribution >= 4 is 17.3 Å². The Morgan fingerprint density at radius 3 is 2.57 bits per heavy atom. The highest BCUT2D eigenvalue weighted by Crippen LogP contribution is 2.29. The van der Waals surface area contributed by atoms with Gasteiger partial charge in [-0.25, -0.2) is 0 Å². The summed E-state index contributed by atoms with van der Waals surface area (Å²) in [6.45, 7) is 10.9. The maximum absolute atomic E-state index is 6.08. The summed E-state index contributed by atoms with van der Waals surface area (Å²) in [6, 6.07) is 7.90. The van der Waals surface area contributed by atoms with Gasteiger partial charge >= 0.3 is 0 Å². The first kappa shape index (κ1) is 15.8. The molecule has 0 spiro atoms. The summed E-state index contributed by atoms with van der Waals surface area (Å²) in [5.41, 5.74) is 4.84. The van der Waals surface area contributed by atoms with Crippen molar-refractivity contribution in [3.63, 3.8) is 0 Å². The number of hydrogen-bond donors (Lipinski definition) is 1. The Bertz CT molecular complexity index is 619. The van der Waals surface area contributed by atoms with Gasteiger partial charge in [-0.05, 0) is 57.5 Å². The third-order valence-corrected chi connectivity index (χ3v) is 3.94. The molecule has 1 aromatic carbocycles. The summed E-state index contributed by atoms with van der Waals surface area (Å²) < 4.78 is 7.95. The van der Waals surface area contributed by atoms with E-state index in [-0.39, 0.29) is 0 Å². The van der Waals surface area contributed by atoms with E-state index in [1.165, 1.54) is 17.0 Å². The third kappa shape index (κ3) is 3.53. The van der Waals surface area contributed by atoms with Gasteiger partial charge in [-0.3, -0.25) is 0 Å². The number of hydrogen-bond acceptors (Lipinski definition) is 2. The van der Waals surface area contributed by atoms with Crippen LogP contribution >= 0.6 is 11.6 Å². The number of nitrogens with one attached hydrogen (secondary N) is 1. The van der Waals surface area contributed by atoms with E-state index in [0.717, 1.165) is 24.5 Å². The van der Waals surface area contributed by atoms with Crippen LogP contribution in [0.3, 0.4) is 0 Å². The van der Waals surface area contributed by atoms with Crippen molar-refractivity contribution in [1.82, 2.24) is 4.57 Å². The summed E-state index contributed by atoms with van der Waals surface area (Å²) in [7, 11) is 0. The Labute approximate surface area is 131 Å². The van der Waals surface area contributed by atoms with Crippen LogP contribution in [0.5, 0.6) is 5.75 Å². The first-order valence-electron chi connectivity index (χ1n) is 7.38. The van der Waals surface area contributed by atoms with Crippen LogP contribution < -0.4 is 10.1 Å². The molecule has 0 bridgehead atoms. The van der Waals surface area contributed by atoms with Gasteiger partial charge in [0.25, 0.3) is 0 Å². The van der Waals surface area contributed by atoms with Crippen molar-refractivity contribution in [2.24, 2.45) is 0 Å². The molecule has 1 heterocycles. The number of benzene rings is 1. The molecule has 0 aliphatic rings. The predicted octanol–water partition coefficient (Wildman–Crippen LogP) is 4.79. The molecule has 0 fully saturated rings. The maximum Gasteiger partial charge on any atom is 0.142 e. The van der Waals surface area contributed by atoms with Gasteiger partial charge in [0.15, 0.2) is 0 Å². The molecule has 0 aliphatic heterocycles. The lowest BCUT2D eigenvalue weighted by Gasteiger charge is -2.13. The molecule has 1 aromatic heterocycles. The molecule has 0 saturated heterocycles. The zero-order valence-electron chi connectivity index (χ0n) is 13.2. The summed E-state index contributed by atoms with van der Waals surface area (Å²) in [5.74, 6) is 0.839. The molecule has 0 amide bonds. The number of aromatic nitrogens is 1. The van der Waals surface area contributed by atoms with Gasteiger partial charge in [-0.1, -0.05) is 11.6 Å². The number of aryl methyl sites for hydroxylation is 1. The summed E-state index contributed by atoms with van der Waals surface area (Å²) in [4.78, 5) is 0. The third-order valence-electron chi connectivity index (χ3n) is 3.71. The second kappa shape index (κ2) is 6.90. The molecule has 21 heavy (non-hydrogen) atoms. The number of anilines is 1. The molecule has 0 saturated carbocycles. The van der Waals surface area contributed by atoms with E-state index < -0.39 is 0 Å². The molecule has 0 unspecified atom stereocenters. The minimum Gasteiger partial charge on any atom is -0.492 e. The van der Waals surface area contributed by atoms with Gasteiger partial charge in [0, 0.05) is 29.5 Å². The Morgan fingerprint density at radius 2 is 1.95 bits per heavy atom. The highest BCUT2D eigenvalue weighted by Gasteiger charge is 2.09. The number of nitrogens with zero attached hydrogens (tertiary/aromatic N) is 1. The van der Waals surface area contributed by atoms with Crippen LogP contribution in [0.1, 0.15) is 30.8 Å². The Kier molecular flexibility index (Phi) is 5.18. The van der Waals surface area contributed by atoms with Crippen LogP contribution in [-0.4, -0.2) is 11.2 Å². The second-order valence-electron chi connectivity index (χ2n) is 5.07. The summed E-state index contributed by atoms with van der Waals surface area (Å²) in [5, 5.41) is 4.15. The van der Waals surface area contributed by atoms with Crippen molar-refractivity contribution in [2.45, 2.75) is 40.8 Å². The fraction of sp³-hybridized carbons (Fsp3) is 0.412. The minimum atomic E-state index is 0.640. The zero-order valence-corrected chi connectivity index (χ0v) is 13.9. The van der Waals surface area contributed by atoms with Gasteiger partial charge < -0.3 is 14.6 Å². The summed E-state index contributed by atoms with van der Waals surface area (Å²) >= 11 is 6.08. The van der Waals surface area contributed by atoms with E-state index in [9.17, 15) is 0 Å². The topological polar surface area (TPSA) is 26.2 Å². The van der Waals surface area contributed by atoms with Crippen molar-refractivity contribution in [2.75, 3.05) is 11.9 Å². The Hall–Kier alpha value is -1.61. The molecule has 2 aromatic rings. The molecule has 4 heteroatoms. The standard InChI is InChI=1S/C17H23ClN2O/c1-5-20-12(3)9-14(13(20)4)11-19-16-10-15(18)7-8-17(16)21-6-2/h7-10,19H,5-6,11H2,1-4H3. The zero-order chi connectivity index (χ0) is 15.4. The Morgan fingerprint density at radius 1 is 1.19 bits per heavy atom. The average molecular weight is 307 g/mol. The highest BCUT2D eigenvalue weighted by atomic mass is 35.5. The minimum absolute atomic E-state index is 0.640. The van der Waals surface area contributed by atoms with Crippen LogP contribution in [0.25, 0.3) is 0 Å². The molecular weight excluding hydrogens is 284 g/mol. The first-order chi connectivity index (χ1) is 10.1. The Balaban J connectivity index is 2.18. The van der Waals surface area contributed by atoms with Gasteiger partial charge in [-0.2, -0.15) is 0 Å². The van der Waals surface area contributed by atoms with Crippen LogP contribution in [-0.2, 0) is 13.1 Å². The lowest BCUT2D eigenvalue weighted by molar-refractivity contribution is 0.341. The van der Waals surface area contributed by atoms with Crippen molar-refractivity contribution in [1.29, 1.82) is 0 Å². The SMILES string of the molecule is CCOc1ccc(Cl)cc1NCc1cc(C)n(CC)c1C. The van der Waals surface area contributed by atoms with Crippen molar-refractivity contribution in [3.05, 3.63) is 46.2 Å². The normalized spacial score (nSPS) is 10.7. The molecule has 0 aliphatic carbocycles. The molecule has 2 rings (SSSR count). The monoisotopic (exact) mass is 306 g/mol. The van der Waals surface area contributed by atoms with E-state index >= 15 is 0 Å². The smallest absolute Gasteiger partial charge is 0.142 e. The second-order valence-corrected chi connectivity index (χ2v) is 5.50. The quantitative estimate of drug-likeness (QED) is 0.830. The lowest BCUT2D eigenvalue weighted by atomic mass is 10.2. The number of ether oxygens (including phenoxy) is 1. The maximum atomic E-state index is 6.08. The average Bonchev–Trinajstić information content (AvgIpc) is 2.73. The van der Waals surface area contributed by atoms with Gasteiger partial charge in [0.2, 0.25) is 0 Å². The molecule has 0 radical (unpaired) electrons. The molecule has 3 nitrogen and oxygen atoms in total.